The molecule has 1 aliphatic rings. The minimum absolute atomic E-state index is 0.321. The van der Waals surface area contributed by atoms with E-state index in [1.54, 1.807) is 24.3 Å². The lowest BCUT2D eigenvalue weighted by Crippen LogP contribution is -2.37. The second-order valence-electron chi connectivity index (χ2n) is 4.56. The summed E-state index contributed by atoms with van der Waals surface area (Å²) in [5, 5.41) is 0. The van der Waals surface area contributed by atoms with Gasteiger partial charge in [0.05, 0.1) is 18.9 Å². The van der Waals surface area contributed by atoms with Gasteiger partial charge in [0.2, 0.25) is 5.95 Å². The first kappa shape index (κ1) is 12.8. The smallest absolute Gasteiger partial charge is 0.228 e. The summed E-state index contributed by atoms with van der Waals surface area (Å²) < 4.78 is 19.1. The van der Waals surface area contributed by atoms with Crippen molar-refractivity contribution >= 4 is 11.8 Å². The Balaban J connectivity index is 2.00. The summed E-state index contributed by atoms with van der Waals surface area (Å²) >= 11 is 0. The van der Waals surface area contributed by atoms with Crippen LogP contribution in [0.3, 0.4) is 0 Å². The van der Waals surface area contributed by atoms with Crippen LogP contribution in [0.15, 0.2) is 30.3 Å². The molecule has 20 heavy (non-hydrogen) atoms. The van der Waals surface area contributed by atoms with Crippen molar-refractivity contribution < 1.29 is 9.13 Å². The number of halogens is 1. The number of hydrogen-bond donors (Lipinski definition) is 1. The summed E-state index contributed by atoms with van der Waals surface area (Å²) in [6.07, 6.45) is 0. The van der Waals surface area contributed by atoms with E-state index in [1.807, 2.05) is 4.90 Å². The van der Waals surface area contributed by atoms with Crippen molar-refractivity contribution in [3.8, 4) is 11.3 Å². The third-order valence-electron chi connectivity index (χ3n) is 3.18. The lowest BCUT2D eigenvalue weighted by Gasteiger charge is -2.27. The summed E-state index contributed by atoms with van der Waals surface area (Å²) in [5.41, 5.74) is 6.75. The van der Waals surface area contributed by atoms with E-state index in [0.717, 1.165) is 0 Å². The number of nitrogens with two attached hydrogens (primary N) is 1. The van der Waals surface area contributed by atoms with Gasteiger partial charge >= 0.3 is 0 Å². The molecular weight excluding hydrogens is 259 g/mol. The molecule has 1 fully saturated rings. The van der Waals surface area contributed by atoms with Gasteiger partial charge in [0.25, 0.3) is 0 Å². The van der Waals surface area contributed by atoms with Gasteiger partial charge in [-0.25, -0.2) is 9.37 Å². The van der Waals surface area contributed by atoms with Crippen molar-refractivity contribution in [1.29, 1.82) is 0 Å². The lowest BCUT2D eigenvalue weighted by atomic mass is 10.1. The Morgan fingerprint density at radius 1 is 1.15 bits per heavy atom. The molecular formula is C14H15FN4O. The fourth-order valence-corrected chi connectivity index (χ4v) is 2.16. The van der Waals surface area contributed by atoms with Crippen LogP contribution in [0.5, 0.6) is 0 Å². The van der Waals surface area contributed by atoms with Crippen LogP contribution in [0.4, 0.5) is 16.2 Å². The molecule has 0 amide bonds. The summed E-state index contributed by atoms with van der Waals surface area (Å²) in [6.45, 7) is 2.68. The number of morpholine rings is 1. The predicted molar refractivity (Wildman–Crippen MR) is 74.9 cm³/mol. The third-order valence-corrected chi connectivity index (χ3v) is 3.18. The summed E-state index contributed by atoms with van der Waals surface area (Å²) in [4.78, 5) is 10.6. The number of benzene rings is 1. The molecule has 2 heterocycles. The highest BCUT2D eigenvalue weighted by Crippen LogP contribution is 2.24. The van der Waals surface area contributed by atoms with Gasteiger partial charge in [0.1, 0.15) is 11.6 Å². The van der Waals surface area contributed by atoms with Crippen molar-refractivity contribution in [2.24, 2.45) is 0 Å². The highest BCUT2D eigenvalue weighted by Gasteiger charge is 2.16. The number of ether oxygens (including phenoxy) is 1. The fraction of sp³-hybridized carbons (Fsp3) is 0.286. The number of nitrogen functional groups attached to an aromatic ring is 1. The van der Waals surface area contributed by atoms with Gasteiger partial charge in [-0.1, -0.05) is 12.1 Å². The van der Waals surface area contributed by atoms with E-state index in [9.17, 15) is 4.39 Å². The van der Waals surface area contributed by atoms with Crippen LogP contribution in [0.2, 0.25) is 0 Å². The first-order chi connectivity index (χ1) is 9.74. The molecule has 104 valence electrons. The van der Waals surface area contributed by atoms with Gasteiger partial charge in [-0.3, -0.25) is 0 Å². The highest BCUT2D eigenvalue weighted by molar-refractivity contribution is 5.64. The molecule has 2 aromatic rings. The number of nitrogens with zero attached hydrogens (tertiary/aromatic N) is 3. The zero-order chi connectivity index (χ0) is 13.9. The Labute approximate surface area is 116 Å². The van der Waals surface area contributed by atoms with Crippen LogP contribution >= 0.6 is 0 Å². The molecule has 5 nitrogen and oxygen atoms in total. The van der Waals surface area contributed by atoms with Crippen molar-refractivity contribution in [2.75, 3.05) is 36.9 Å². The normalized spacial score (nSPS) is 15.3. The fourth-order valence-electron chi connectivity index (χ4n) is 2.16. The maximum Gasteiger partial charge on any atom is 0.228 e. The van der Waals surface area contributed by atoms with Crippen molar-refractivity contribution in [3.05, 3.63) is 36.1 Å². The Bertz CT molecular complexity index is 614. The molecule has 1 aromatic carbocycles. The Hall–Kier alpha value is -2.21. The molecule has 1 saturated heterocycles. The van der Waals surface area contributed by atoms with Crippen LogP contribution in [0.1, 0.15) is 0 Å². The third kappa shape index (κ3) is 2.55. The SMILES string of the molecule is Nc1cc(-c2ccccc2F)nc(N2CCOCC2)n1. The largest absolute Gasteiger partial charge is 0.384 e. The van der Waals surface area contributed by atoms with E-state index in [1.165, 1.54) is 6.07 Å². The molecule has 0 saturated carbocycles. The predicted octanol–water partition coefficient (Wildman–Crippen LogP) is 1.70. The summed E-state index contributed by atoms with van der Waals surface area (Å²) in [7, 11) is 0. The molecule has 3 rings (SSSR count). The number of aromatic nitrogens is 2. The molecule has 0 radical (unpaired) electrons. The quantitative estimate of drug-likeness (QED) is 0.903. The van der Waals surface area contributed by atoms with Crippen molar-refractivity contribution in [2.45, 2.75) is 0 Å². The van der Waals surface area contributed by atoms with Gasteiger partial charge in [-0.05, 0) is 12.1 Å². The van der Waals surface area contributed by atoms with E-state index >= 15 is 0 Å². The number of anilines is 2. The maximum atomic E-state index is 13.8. The minimum atomic E-state index is -0.321. The zero-order valence-electron chi connectivity index (χ0n) is 10.9. The van der Waals surface area contributed by atoms with E-state index in [2.05, 4.69) is 9.97 Å². The van der Waals surface area contributed by atoms with Gasteiger partial charge in [0, 0.05) is 24.7 Å². The zero-order valence-corrected chi connectivity index (χ0v) is 10.9. The number of rotatable bonds is 2. The monoisotopic (exact) mass is 274 g/mol. The highest BCUT2D eigenvalue weighted by atomic mass is 19.1. The molecule has 2 N–H and O–H groups in total. The van der Waals surface area contributed by atoms with Crippen molar-refractivity contribution in [1.82, 2.24) is 9.97 Å². The first-order valence-electron chi connectivity index (χ1n) is 6.46. The van der Waals surface area contributed by atoms with E-state index in [0.29, 0.717) is 49.3 Å². The topological polar surface area (TPSA) is 64.3 Å². The Kier molecular flexibility index (Phi) is 3.47. The first-order valence-corrected chi connectivity index (χ1v) is 6.46. The van der Waals surface area contributed by atoms with Crippen LogP contribution < -0.4 is 10.6 Å². The van der Waals surface area contributed by atoms with Gasteiger partial charge in [-0.15, -0.1) is 0 Å². The standard InChI is InChI=1S/C14H15FN4O/c15-11-4-2-1-3-10(11)12-9-13(16)18-14(17-12)19-5-7-20-8-6-19/h1-4,9H,5-8H2,(H2,16,17,18). The van der Waals surface area contributed by atoms with E-state index in [-0.39, 0.29) is 5.82 Å². The summed E-state index contributed by atoms with van der Waals surface area (Å²) in [6, 6.07) is 8.09. The molecule has 1 aromatic heterocycles. The maximum absolute atomic E-state index is 13.8. The molecule has 0 aliphatic carbocycles. The van der Waals surface area contributed by atoms with Crippen LogP contribution in [-0.2, 0) is 4.74 Å². The second kappa shape index (κ2) is 5.42. The molecule has 0 unspecified atom stereocenters. The molecule has 0 bridgehead atoms. The van der Waals surface area contributed by atoms with Crippen LogP contribution in [0, 0.1) is 5.82 Å². The molecule has 0 atom stereocenters. The average Bonchev–Trinajstić information content (AvgIpc) is 2.48. The van der Waals surface area contributed by atoms with Gasteiger partial charge < -0.3 is 15.4 Å². The Morgan fingerprint density at radius 3 is 2.65 bits per heavy atom. The van der Waals surface area contributed by atoms with Gasteiger partial charge in [-0.2, -0.15) is 4.98 Å². The van der Waals surface area contributed by atoms with Crippen molar-refractivity contribution in [3.63, 3.8) is 0 Å². The minimum Gasteiger partial charge on any atom is -0.384 e. The lowest BCUT2D eigenvalue weighted by molar-refractivity contribution is 0.122. The number of hydrogen-bond acceptors (Lipinski definition) is 5. The van der Waals surface area contributed by atoms with E-state index in [4.69, 9.17) is 10.5 Å². The second-order valence-corrected chi connectivity index (χ2v) is 4.56. The van der Waals surface area contributed by atoms with Crippen LogP contribution in [0.25, 0.3) is 11.3 Å². The summed E-state index contributed by atoms with van der Waals surface area (Å²) in [5.74, 6) is 0.532. The van der Waals surface area contributed by atoms with Gasteiger partial charge in [0.15, 0.2) is 0 Å². The van der Waals surface area contributed by atoms with Crippen LogP contribution in [-0.4, -0.2) is 36.3 Å². The molecule has 1 aliphatic heterocycles. The molecule has 6 heteroatoms. The average molecular weight is 274 g/mol. The molecule has 0 spiro atoms. The Morgan fingerprint density at radius 2 is 1.90 bits per heavy atom. The van der Waals surface area contributed by atoms with E-state index < -0.39 is 0 Å².